The van der Waals surface area contributed by atoms with Gasteiger partial charge in [0.25, 0.3) is 0 Å². The quantitative estimate of drug-likeness (QED) is 0.376. The predicted octanol–water partition coefficient (Wildman–Crippen LogP) is 3.07. The summed E-state index contributed by atoms with van der Waals surface area (Å²) in [7, 11) is 1.83. The van der Waals surface area contributed by atoms with Gasteiger partial charge in [0.2, 0.25) is 0 Å². The average Bonchev–Trinajstić information content (AvgIpc) is 3.14. The van der Waals surface area contributed by atoms with E-state index in [9.17, 15) is 0 Å². The van der Waals surface area contributed by atoms with E-state index in [-0.39, 0.29) is 24.0 Å². The van der Waals surface area contributed by atoms with Crippen molar-refractivity contribution in [2.24, 2.45) is 4.99 Å². The molecule has 8 heteroatoms. The van der Waals surface area contributed by atoms with Crippen molar-refractivity contribution in [2.75, 3.05) is 20.2 Å². The van der Waals surface area contributed by atoms with Gasteiger partial charge in [0.15, 0.2) is 5.96 Å². The van der Waals surface area contributed by atoms with E-state index in [1.807, 2.05) is 13.1 Å². The molecule has 0 spiro atoms. The van der Waals surface area contributed by atoms with Crippen molar-refractivity contribution in [2.45, 2.75) is 57.5 Å². The Bertz CT molecular complexity index is 849. The Morgan fingerprint density at radius 1 is 1.28 bits per heavy atom. The zero-order chi connectivity index (χ0) is 19.5. The van der Waals surface area contributed by atoms with E-state index in [0.717, 1.165) is 62.3 Å². The Hall–Kier alpha value is -1.84. The maximum Gasteiger partial charge on any atom is 0.191 e. The third-order valence-corrected chi connectivity index (χ3v) is 5.65. The molecule has 1 aromatic carbocycles. The maximum absolute atomic E-state index is 5.78. The van der Waals surface area contributed by atoms with Crippen LogP contribution in [0.15, 0.2) is 29.3 Å². The minimum Gasteiger partial charge on any atom is -0.493 e. The molecule has 0 saturated carbocycles. The lowest BCUT2D eigenvalue weighted by Gasteiger charge is -2.29. The number of rotatable bonds is 4. The van der Waals surface area contributed by atoms with Crippen LogP contribution in [0.4, 0.5) is 0 Å². The van der Waals surface area contributed by atoms with Crippen LogP contribution < -0.4 is 15.4 Å². The van der Waals surface area contributed by atoms with Crippen molar-refractivity contribution < 1.29 is 4.74 Å². The zero-order valence-electron chi connectivity index (χ0n) is 17.4. The third kappa shape index (κ3) is 4.84. The molecule has 2 aliphatic heterocycles. The fraction of sp³-hybridized carbons (Fsp3) is 0.571. The fourth-order valence-electron chi connectivity index (χ4n) is 4.13. The minimum absolute atomic E-state index is 0. The molecule has 2 N–H and O–H groups in total. The summed E-state index contributed by atoms with van der Waals surface area (Å²) in [6, 6.07) is 8.66. The second-order valence-corrected chi connectivity index (χ2v) is 7.94. The first-order valence-corrected chi connectivity index (χ1v) is 10.3. The number of fused-ring (bicyclic) bond motifs is 2. The average molecular weight is 510 g/mol. The predicted molar refractivity (Wildman–Crippen MR) is 125 cm³/mol. The molecular formula is C21H31IN6O. The smallest absolute Gasteiger partial charge is 0.191 e. The Morgan fingerprint density at radius 2 is 2.10 bits per heavy atom. The number of aromatic nitrogens is 3. The van der Waals surface area contributed by atoms with Gasteiger partial charge in [-0.3, -0.25) is 4.99 Å². The highest BCUT2D eigenvalue weighted by Gasteiger charge is 2.25. The minimum atomic E-state index is 0. The van der Waals surface area contributed by atoms with Crippen molar-refractivity contribution in [1.82, 2.24) is 25.4 Å². The number of para-hydroxylation sites is 1. The van der Waals surface area contributed by atoms with E-state index in [1.165, 1.54) is 5.56 Å². The first kappa shape index (κ1) is 21.9. The molecule has 0 amide bonds. The number of aliphatic imine (C=N–C) groups is 1. The van der Waals surface area contributed by atoms with Gasteiger partial charge >= 0.3 is 0 Å². The van der Waals surface area contributed by atoms with Crippen molar-refractivity contribution >= 4 is 29.9 Å². The molecule has 3 heterocycles. The van der Waals surface area contributed by atoms with Gasteiger partial charge in [-0.1, -0.05) is 32.0 Å². The van der Waals surface area contributed by atoms with Crippen LogP contribution in [0, 0.1) is 0 Å². The summed E-state index contributed by atoms with van der Waals surface area (Å²) in [4.78, 5) is 4.45. The highest BCUT2D eigenvalue weighted by atomic mass is 127. The van der Waals surface area contributed by atoms with Crippen LogP contribution in [0.1, 0.15) is 55.7 Å². The number of nitrogens with zero attached hydrogens (tertiary/aromatic N) is 4. The number of aryl methyl sites for hydroxylation is 1. The Balaban J connectivity index is 0.00000240. The van der Waals surface area contributed by atoms with E-state index in [1.54, 1.807) is 0 Å². The lowest BCUT2D eigenvalue weighted by molar-refractivity contribution is 0.267. The van der Waals surface area contributed by atoms with Gasteiger partial charge in [0.1, 0.15) is 17.4 Å². The van der Waals surface area contributed by atoms with E-state index >= 15 is 0 Å². The van der Waals surface area contributed by atoms with Crippen molar-refractivity contribution in [3.63, 3.8) is 0 Å². The van der Waals surface area contributed by atoms with Crippen LogP contribution in [-0.4, -0.2) is 47.0 Å². The molecule has 0 fully saturated rings. The molecule has 2 unspecified atom stereocenters. The Labute approximate surface area is 189 Å². The van der Waals surface area contributed by atoms with Crippen LogP contribution in [0.5, 0.6) is 5.75 Å². The molecule has 2 aliphatic rings. The van der Waals surface area contributed by atoms with Gasteiger partial charge in [-0.25, -0.2) is 0 Å². The van der Waals surface area contributed by atoms with Crippen LogP contribution in [0.3, 0.4) is 0 Å². The fourth-order valence-corrected chi connectivity index (χ4v) is 4.13. The molecule has 2 atom stereocenters. The zero-order valence-corrected chi connectivity index (χ0v) is 19.7. The lowest BCUT2D eigenvalue weighted by Crippen LogP contribution is -2.48. The summed E-state index contributed by atoms with van der Waals surface area (Å²) in [5.74, 6) is 4.86. The lowest BCUT2D eigenvalue weighted by atomic mass is 9.93. The topological polar surface area (TPSA) is 76.4 Å². The standard InChI is InChI=1S/C21H30N6O.HI/c1-14(2)20-26-25-19-9-8-16(13-27(19)20)24-21(22-3)23-12-15-10-11-28-18-7-5-4-6-17(15)18;/h4-7,14-16H,8-13H2,1-3H3,(H2,22,23,24);1H. The Kier molecular flexibility index (Phi) is 7.37. The summed E-state index contributed by atoms with van der Waals surface area (Å²) in [6.45, 7) is 6.84. The van der Waals surface area contributed by atoms with Crippen molar-refractivity contribution in [3.05, 3.63) is 41.5 Å². The van der Waals surface area contributed by atoms with Gasteiger partial charge in [-0.05, 0) is 24.5 Å². The SMILES string of the molecule is CN=C(NCC1CCOc2ccccc21)NC1CCc2nnc(C(C)C)n2C1.I. The Morgan fingerprint density at radius 3 is 2.90 bits per heavy atom. The summed E-state index contributed by atoms with van der Waals surface area (Å²) >= 11 is 0. The number of ether oxygens (including phenoxy) is 1. The van der Waals surface area contributed by atoms with Crippen molar-refractivity contribution in [1.29, 1.82) is 0 Å². The van der Waals surface area contributed by atoms with E-state index in [4.69, 9.17) is 4.74 Å². The van der Waals surface area contributed by atoms with Crippen LogP contribution in [0.25, 0.3) is 0 Å². The van der Waals surface area contributed by atoms with E-state index in [0.29, 0.717) is 17.9 Å². The summed E-state index contributed by atoms with van der Waals surface area (Å²) < 4.78 is 8.05. The van der Waals surface area contributed by atoms with Gasteiger partial charge < -0.3 is 19.9 Å². The molecule has 0 saturated heterocycles. The molecule has 0 bridgehead atoms. The molecule has 158 valence electrons. The second-order valence-electron chi connectivity index (χ2n) is 7.94. The number of hydrogen-bond acceptors (Lipinski definition) is 4. The molecule has 29 heavy (non-hydrogen) atoms. The number of guanidine groups is 1. The van der Waals surface area contributed by atoms with E-state index < -0.39 is 0 Å². The van der Waals surface area contributed by atoms with Gasteiger partial charge in [-0.15, -0.1) is 34.2 Å². The van der Waals surface area contributed by atoms with Crippen molar-refractivity contribution in [3.8, 4) is 5.75 Å². The largest absolute Gasteiger partial charge is 0.493 e. The number of halogens is 1. The summed E-state index contributed by atoms with van der Waals surface area (Å²) in [6.07, 6.45) is 3.00. The van der Waals surface area contributed by atoms with Crippen LogP contribution >= 0.6 is 24.0 Å². The number of nitrogens with one attached hydrogen (secondary N) is 2. The van der Waals surface area contributed by atoms with E-state index in [2.05, 4.69) is 62.4 Å². The van der Waals surface area contributed by atoms with Gasteiger partial charge in [-0.2, -0.15) is 0 Å². The first-order valence-electron chi connectivity index (χ1n) is 10.3. The highest BCUT2D eigenvalue weighted by Crippen LogP contribution is 2.32. The summed E-state index contributed by atoms with van der Waals surface area (Å²) in [5, 5.41) is 15.9. The molecule has 7 nitrogen and oxygen atoms in total. The first-order chi connectivity index (χ1) is 13.7. The third-order valence-electron chi connectivity index (χ3n) is 5.65. The number of hydrogen-bond donors (Lipinski definition) is 2. The second kappa shape index (κ2) is 9.77. The molecule has 0 radical (unpaired) electrons. The normalized spacial score (nSPS) is 20.9. The van der Waals surface area contributed by atoms with Gasteiger partial charge in [0, 0.05) is 44.4 Å². The molecule has 0 aliphatic carbocycles. The molecular weight excluding hydrogens is 479 g/mol. The molecule has 2 aromatic rings. The molecule has 1 aromatic heterocycles. The van der Waals surface area contributed by atoms with Gasteiger partial charge in [0.05, 0.1) is 6.61 Å². The number of benzene rings is 1. The highest BCUT2D eigenvalue weighted by molar-refractivity contribution is 14.0. The van der Waals surface area contributed by atoms with Crippen LogP contribution in [0.2, 0.25) is 0 Å². The summed E-state index contributed by atoms with van der Waals surface area (Å²) in [5.41, 5.74) is 1.28. The van der Waals surface area contributed by atoms with Crippen LogP contribution in [-0.2, 0) is 13.0 Å². The molecule has 4 rings (SSSR count). The maximum atomic E-state index is 5.78. The monoisotopic (exact) mass is 510 g/mol.